The number of ether oxygens (including phenoxy) is 1. The Morgan fingerprint density at radius 3 is 2.65 bits per heavy atom. The highest BCUT2D eigenvalue weighted by Gasteiger charge is 2.32. The topological polar surface area (TPSA) is 98.1 Å². The fourth-order valence-electron chi connectivity index (χ4n) is 4.68. The molecule has 1 unspecified atom stereocenters. The number of carbonyl (C=O) groups excluding carboxylic acids is 1. The Bertz CT molecular complexity index is 1410. The zero-order chi connectivity index (χ0) is 28.1. The number of hydrogen-bond donors (Lipinski definition) is 1. The molecule has 0 spiro atoms. The van der Waals surface area contributed by atoms with E-state index in [4.69, 9.17) is 16.3 Å². The van der Waals surface area contributed by atoms with E-state index in [2.05, 4.69) is 25.8 Å². The first-order valence-corrected chi connectivity index (χ1v) is 13.8. The molecule has 0 bridgehead atoms. The largest absolute Gasteiger partial charge is 0.462 e. The smallest absolute Gasteiger partial charge is 0.340 e. The van der Waals surface area contributed by atoms with Crippen molar-refractivity contribution in [3.63, 3.8) is 0 Å². The van der Waals surface area contributed by atoms with E-state index in [0.29, 0.717) is 24.6 Å². The Hall–Kier alpha value is -3.55. The van der Waals surface area contributed by atoms with Crippen molar-refractivity contribution in [2.24, 2.45) is 5.92 Å². The summed E-state index contributed by atoms with van der Waals surface area (Å²) in [5.41, 5.74) is 1.55. The summed E-state index contributed by atoms with van der Waals surface area (Å²) in [4.78, 5) is 19.1. The summed E-state index contributed by atoms with van der Waals surface area (Å²) < 4.78 is 49.2. The number of rotatable bonds is 10. The van der Waals surface area contributed by atoms with Gasteiger partial charge in [0.25, 0.3) is 12.3 Å². The molecule has 14 heteroatoms. The van der Waals surface area contributed by atoms with E-state index in [0.717, 1.165) is 35.9 Å². The number of nitrogens with zero attached hydrogens (tertiary/aromatic N) is 6. The summed E-state index contributed by atoms with van der Waals surface area (Å²) >= 11 is 7.15. The molecule has 0 aliphatic carbocycles. The predicted octanol–water partition coefficient (Wildman–Crippen LogP) is 5.11. The van der Waals surface area contributed by atoms with Gasteiger partial charge in [0.2, 0.25) is 0 Å². The van der Waals surface area contributed by atoms with Crippen LogP contribution in [0.15, 0.2) is 54.0 Å². The molecule has 1 N–H and O–H groups in total. The Kier molecular flexibility index (Phi) is 8.92. The van der Waals surface area contributed by atoms with Gasteiger partial charge in [0.1, 0.15) is 11.5 Å². The molecule has 0 saturated carbocycles. The highest BCUT2D eigenvalue weighted by molar-refractivity contribution is 7.09. The summed E-state index contributed by atoms with van der Waals surface area (Å²) in [7, 11) is 0. The first kappa shape index (κ1) is 28.0. The number of benzene rings is 2. The molecule has 1 aliphatic heterocycles. The maximum atomic E-state index is 14.3. The number of carbonyl (C=O) groups is 1. The third-order valence-corrected chi connectivity index (χ3v) is 8.02. The maximum absolute atomic E-state index is 14.3. The number of likely N-dealkylation sites (tertiary alicyclic amines) is 1. The van der Waals surface area contributed by atoms with E-state index in [1.165, 1.54) is 22.3 Å². The molecule has 1 fully saturated rings. The van der Waals surface area contributed by atoms with Crippen LogP contribution < -0.4 is 10.1 Å². The third kappa shape index (κ3) is 6.26. The lowest BCUT2D eigenvalue weighted by Crippen LogP contribution is -2.43. The van der Waals surface area contributed by atoms with Crippen molar-refractivity contribution >= 4 is 28.8 Å². The van der Waals surface area contributed by atoms with Gasteiger partial charge in [-0.1, -0.05) is 41.0 Å². The van der Waals surface area contributed by atoms with Crippen molar-refractivity contribution in [2.45, 2.75) is 25.3 Å². The van der Waals surface area contributed by atoms with Crippen LogP contribution in [0.4, 0.5) is 13.2 Å². The van der Waals surface area contributed by atoms with Crippen LogP contribution >= 0.6 is 22.9 Å². The average molecular weight is 592 g/mol. The van der Waals surface area contributed by atoms with Crippen LogP contribution in [-0.4, -0.2) is 62.2 Å². The van der Waals surface area contributed by atoms with Crippen LogP contribution in [0.2, 0.25) is 5.02 Å². The van der Waals surface area contributed by atoms with Gasteiger partial charge in [-0.05, 0) is 66.5 Å². The van der Waals surface area contributed by atoms with Gasteiger partial charge in [-0.15, -0.1) is 11.3 Å². The number of nitrogens with one attached hydrogen (secondary N) is 1. The number of thiazole rings is 1. The van der Waals surface area contributed by atoms with Gasteiger partial charge in [0.05, 0.1) is 39.3 Å². The highest BCUT2D eigenvalue weighted by Crippen LogP contribution is 2.35. The molecule has 5 rings (SSSR count). The zero-order valence-electron chi connectivity index (χ0n) is 21.1. The SMILES string of the molecule is O=C(NCC(c1scnc1C(F)F)N1CCC(COc2nnnn2-c2ccccc2)CC1)c1c(F)cccc1Cl. The molecular formula is C26H25ClF3N7O2S. The fraction of sp³-hybridized carbons (Fsp3) is 0.346. The van der Waals surface area contributed by atoms with Crippen LogP contribution in [0.25, 0.3) is 5.69 Å². The standard InChI is InChI=1S/C26H25ClF3N7O2S/c27-18-7-4-8-19(28)21(18)25(38)31-13-20(23-22(24(29)30)32-15-40-23)36-11-9-16(10-12-36)14-39-26-33-34-35-37(26)17-5-2-1-3-6-17/h1-8,15-16,20,24H,9-14H2,(H,31,38). The van der Waals surface area contributed by atoms with Crippen molar-refractivity contribution < 1.29 is 22.7 Å². The molecule has 2 aromatic heterocycles. The quantitative estimate of drug-likeness (QED) is 0.274. The minimum Gasteiger partial charge on any atom is -0.462 e. The van der Waals surface area contributed by atoms with Crippen molar-refractivity contribution in [3.8, 4) is 11.7 Å². The molecule has 1 atom stereocenters. The van der Waals surface area contributed by atoms with Gasteiger partial charge < -0.3 is 10.1 Å². The van der Waals surface area contributed by atoms with E-state index in [1.807, 2.05) is 35.2 Å². The van der Waals surface area contributed by atoms with Crippen LogP contribution in [-0.2, 0) is 0 Å². The van der Waals surface area contributed by atoms with Gasteiger partial charge in [0.15, 0.2) is 0 Å². The summed E-state index contributed by atoms with van der Waals surface area (Å²) in [6.45, 7) is 1.51. The van der Waals surface area contributed by atoms with Gasteiger partial charge >= 0.3 is 6.01 Å². The number of amides is 1. The number of hydrogen-bond acceptors (Lipinski definition) is 8. The molecule has 4 aromatic rings. The molecule has 9 nitrogen and oxygen atoms in total. The molecule has 40 heavy (non-hydrogen) atoms. The van der Waals surface area contributed by atoms with Crippen LogP contribution in [0.3, 0.4) is 0 Å². The normalized spacial score (nSPS) is 15.3. The van der Waals surface area contributed by atoms with Crippen molar-refractivity contribution in [1.82, 2.24) is 35.4 Å². The molecular weight excluding hydrogens is 567 g/mol. The van der Waals surface area contributed by atoms with Crippen molar-refractivity contribution in [1.29, 1.82) is 0 Å². The molecule has 0 radical (unpaired) electrons. The van der Waals surface area contributed by atoms with Gasteiger partial charge in [-0.2, -0.15) is 4.68 Å². The second kappa shape index (κ2) is 12.7. The van der Waals surface area contributed by atoms with Crippen LogP contribution in [0, 0.1) is 11.7 Å². The van der Waals surface area contributed by atoms with E-state index < -0.39 is 24.2 Å². The lowest BCUT2D eigenvalue weighted by molar-refractivity contribution is 0.0862. The zero-order valence-corrected chi connectivity index (χ0v) is 22.7. The van der Waals surface area contributed by atoms with E-state index in [-0.39, 0.29) is 34.8 Å². The summed E-state index contributed by atoms with van der Waals surface area (Å²) in [6.07, 6.45) is -1.32. The van der Waals surface area contributed by atoms with Gasteiger partial charge in [0, 0.05) is 6.54 Å². The van der Waals surface area contributed by atoms with Crippen molar-refractivity contribution in [2.75, 3.05) is 26.2 Å². The second-order valence-electron chi connectivity index (χ2n) is 9.22. The Morgan fingerprint density at radius 1 is 1.15 bits per heavy atom. The monoisotopic (exact) mass is 591 g/mol. The first-order chi connectivity index (χ1) is 19.4. The Labute approximate surface area is 236 Å². The number of aromatic nitrogens is 5. The summed E-state index contributed by atoms with van der Waals surface area (Å²) in [6, 6.07) is 13.1. The number of tetrazole rings is 1. The van der Waals surface area contributed by atoms with E-state index in [1.54, 1.807) is 0 Å². The van der Waals surface area contributed by atoms with Gasteiger partial charge in [-0.3, -0.25) is 9.69 Å². The molecule has 1 aliphatic rings. The van der Waals surface area contributed by atoms with Crippen LogP contribution in [0.5, 0.6) is 6.01 Å². The van der Waals surface area contributed by atoms with Crippen LogP contribution in [0.1, 0.15) is 46.2 Å². The predicted molar refractivity (Wildman–Crippen MR) is 143 cm³/mol. The molecule has 210 valence electrons. The maximum Gasteiger partial charge on any atom is 0.340 e. The van der Waals surface area contributed by atoms with Gasteiger partial charge in [-0.25, -0.2) is 18.2 Å². The minimum absolute atomic E-state index is 0.0155. The second-order valence-corrected chi connectivity index (χ2v) is 10.5. The Balaban J connectivity index is 1.24. The lowest BCUT2D eigenvalue weighted by atomic mass is 9.96. The van der Waals surface area contributed by atoms with Crippen molar-refractivity contribution in [3.05, 3.63) is 81.0 Å². The number of piperidine rings is 1. The minimum atomic E-state index is -2.76. The molecule has 1 saturated heterocycles. The van der Waals surface area contributed by atoms with E-state index >= 15 is 0 Å². The van der Waals surface area contributed by atoms with E-state index in [9.17, 15) is 18.0 Å². The summed E-state index contributed by atoms with van der Waals surface area (Å²) in [5.74, 6) is -1.29. The first-order valence-electron chi connectivity index (χ1n) is 12.6. The number of halogens is 4. The molecule has 1 amide bonds. The molecule has 2 aromatic carbocycles. The summed E-state index contributed by atoms with van der Waals surface area (Å²) in [5, 5.41) is 14.3. The molecule has 3 heterocycles. The Morgan fingerprint density at radius 2 is 1.93 bits per heavy atom. The third-order valence-electron chi connectivity index (χ3n) is 6.76. The number of para-hydroxylation sites is 1. The highest BCUT2D eigenvalue weighted by atomic mass is 35.5. The number of alkyl halides is 2. The lowest BCUT2D eigenvalue weighted by Gasteiger charge is -2.37. The fourth-order valence-corrected chi connectivity index (χ4v) is 5.86. The average Bonchev–Trinajstić information content (AvgIpc) is 3.63.